The Hall–Kier alpha value is -3.93. The highest BCUT2D eigenvalue weighted by atomic mass is 16.6. The number of hydrogen-bond acceptors (Lipinski definition) is 7. The van der Waals surface area contributed by atoms with Crippen LogP contribution in [0.4, 0.5) is 0 Å². The van der Waals surface area contributed by atoms with E-state index >= 15 is 0 Å². The van der Waals surface area contributed by atoms with Gasteiger partial charge in [0.05, 0.1) is 24.4 Å². The number of rotatable bonds is 6. The Bertz CT molecular complexity index is 1280. The van der Waals surface area contributed by atoms with Gasteiger partial charge in [-0.3, -0.25) is 9.59 Å². The first-order valence-electron chi connectivity index (χ1n) is 9.91. The van der Waals surface area contributed by atoms with Crippen molar-refractivity contribution in [3.8, 4) is 23.1 Å². The van der Waals surface area contributed by atoms with Crippen LogP contribution in [0.2, 0.25) is 0 Å². The summed E-state index contributed by atoms with van der Waals surface area (Å²) in [7, 11) is 1.53. The molecule has 0 atom stereocenters. The predicted octanol–water partition coefficient (Wildman–Crippen LogP) is 1.87. The summed E-state index contributed by atoms with van der Waals surface area (Å²) in [5.74, 6) is -0.327. The van der Waals surface area contributed by atoms with Crippen molar-refractivity contribution < 1.29 is 19.1 Å². The van der Waals surface area contributed by atoms with Gasteiger partial charge in [-0.15, -0.1) is 5.10 Å². The van der Waals surface area contributed by atoms with Crippen molar-refractivity contribution in [2.24, 2.45) is 5.73 Å². The number of methoxy groups -OCH3 is 1. The topological polar surface area (TPSA) is 133 Å². The number of pyridine rings is 1. The zero-order valence-electron chi connectivity index (χ0n) is 16.8. The molecule has 156 valence electrons. The van der Waals surface area contributed by atoms with E-state index in [9.17, 15) is 14.9 Å². The molecule has 2 N–H and O–H groups in total. The van der Waals surface area contributed by atoms with Crippen molar-refractivity contribution in [2.45, 2.75) is 36.7 Å². The van der Waals surface area contributed by atoms with Crippen LogP contribution in [0.15, 0.2) is 36.4 Å². The fourth-order valence-electron chi connectivity index (χ4n) is 3.70. The Morgan fingerprint density at radius 2 is 1.97 bits per heavy atom. The van der Waals surface area contributed by atoms with Gasteiger partial charge >= 0.3 is 5.97 Å². The summed E-state index contributed by atoms with van der Waals surface area (Å²) < 4.78 is 12.6. The Labute approximate surface area is 177 Å². The van der Waals surface area contributed by atoms with Gasteiger partial charge in [-0.2, -0.15) is 5.26 Å². The minimum Gasteiger partial charge on any atom is -0.493 e. The van der Waals surface area contributed by atoms with Gasteiger partial charge in [0, 0.05) is 18.4 Å². The smallest absolute Gasteiger partial charge is 0.320 e. The third kappa shape index (κ3) is 2.91. The number of carbonyl (C=O) groups excluding carboxylic acids is 2. The second-order valence-electron chi connectivity index (χ2n) is 7.98. The summed E-state index contributed by atoms with van der Waals surface area (Å²) in [6.45, 7) is 0. The number of nitrogens with two attached hydrogens (primary N) is 1. The maximum absolute atomic E-state index is 13.0. The number of ether oxygens (including phenoxy) is 2. The van der Waals surface area contributed by atoms with Gasteiger partial charge in [0.2, 0.25) is 0 Å². The minimum atomic E-state index is -1.19. The summed E-state index contributed by atoms with van der Waals surface area (Å²) in [5, 5.41) is 13.9. The SMILES string of the molecule is COc1ccc(-c2cccc(C#N)c2)n2nc(C3(C(=O)OC4(C(N)=O)CC4)CC3)nc12. The molecule has 9 nitrogen and oxygen atoms in total. The third-order valence-electron chi connectivity index (χ3n) is 5.97. The first kappa shape index (κ1) is 19.1. The van der Waals surface area contributed by atoms with Gasteiger partial charge in [-0.25, -0.2) is 9.50 Å². The molecule has 0 radical (unpaired) electrons. The third-order valence-corrected chi connectivity index (χ3v) is 5.97. The number of primary amides is 1. The molecule has 0 aliphatic heterocycles. The van der Waals surface area contributed by atoms with E-state index in [2.05, 4.69) is 16.2 Å². The molecule has 2 aliphatic rings. The molecule has 5 rings (SSSR count). The van der Waals surface area contributed by atoms with Crippen LogP contribution >= 0.6 is 0 Å². The molecule has 2 aromatic heterocycles. The second-order valence-corrected chi connectivity index (χ2v) is 7.98. The van der Waals surface area contributed by atoms with E-state index < -0.39 is 22.9 Å². The van der Waals surface area contributed by atoms with Crippen molar-refractivity contribution in [1.29, 1.82) is 5.26 Å². The number of amides is 1. The number of nitrogens with zero attached hydrogens (tertiary/aromatic N) is 4. The number of aromatic nitrogens is 3. The van der Waals surface area contributed by atoms with Crippen molar-refractivity contribution >= 4 is 17.5 Å². The van der Waals surface area contributed by atoms with Crippen LogP contribution in [0.3, 0.4) is 0 Å². The fourth-order valence-corrected chi connectivity index (χ4v) is 3.70. The first-order valence-corrected chi connectivity index (χ1v) is 9.91. The molecule has 0 bridgehead atoms. The summed E-state index contributed by atoms with van der Waals surface area (Å²) >= 11 is 0. The number of carbonyl (C=O) groups is 2. The monoisotopic (exact) mass is 417 g/mol. The number of fused-ring (bicyclic) bond motifs is 1. The van der Waals surface area contributed by atoms with Crippen LogP contribution in [0.25, 0.3) is 16.9 Å². The number of nitriles is 1. The van der Waals surface area contributed by atoms with E-state index in [0.717, 1.165) is 5.56 Å². The number of hydrogen-bond donors (Lipinski definition) is 1. The van der Waals surface area contributed by atoms with Gasteiger partial charge in [-0.05, 0) is 37.1 Å². The molecule has 0 unspecified atom stereocenters. The van der Waals surface area contributed by atoms with E-state index in [1.807, 2.05) is 12.1 Å². The van der Waals surface area contributed by atoms with Gasteiger partial charge < -0.3 is 15.2 Å². The van der Waals surface area contributed by atoms with Crippen molar-refractivity contribution in [1.82, 2.24) is 14.6 Å². The normalized spacial score (nSPS) is 17.5. The lowest BCUT2D eigenvalue weighted by atomic mass is 10.1. The van der Waals surface area contributed by atoms with Gasteiger partial charge in [-0.1, -0.05) is 12.1 Å². The van der Waals surface area contributed by atoms with Gasteiger partial charge in [0.1, 0.15) is 5.41 Å². The van der Waals surface area contributed by atoms with E-state index in [0.29, 0.717) is 54.2 Å². The summed E-state index contributed by atoms with van der Waals surface area (Å²) in [6.07, 6.45) is 1.93. The Morgan fingerprint density at radius 3 is 2.58 bits per heavy atom. The molecule has 1 aromatic carbocycles. The summed E-state index contributed by atoms with van der Waals surface area (Å²) in [5.41, 5.74) is 5.67. The summed E-state index contributed by atoms with van der Waals surface area (Å²) in [4.78, 5) is 29.2. The molecular formula is C22H19N5O4. The standard InChI is InChI=1S/C22H19N5O4/c1-30-16-6-5-15(14-4-2-3-13(11-14)12-23)27-17(16)25-19(26-27)21(7-8-21)20(29)31-22(9-10-22)18(24)28/h2-6,11H,7-10H2,1H3,(H2,24,28). The average molecular weight is 417 g/mol. The lowest BCUT2D eigenvalue weighted by molar-refractivity contribution is -0.160. The zero-order chi connectivity index (χ0) is 21.8. The van der Waals surface area contributed by atoms with Crippen LogP contribution in [0.5, 0.6) is 5.75 Å². The Kier molecular flexibility index (Phi) is 4.02. The molecule has 31 heavy (non-hydrogen) atoms. The van der Waals surface area contributed by atoms with Crippen molar-refractivity contribution in [3.05, 3.63) is 47.8 Å². The van der Waals surface area contributed by atoms with Crippen LogP contribution < -0.4 is 10.5 Å². The lowest BCUT2D eigenvalue weighted by Crippen LogP contribution is -2.38. The second kappa shape index (κ2) is 6.54. The average Bonchev–Trinajstić information content (AvgIpc) is 3.70. The number of esters is 1. The quantitative estimate of drug-likeness (QED) is 0.605. The molecule has 2 fully saturated rings. The highest BCUT2D eigenvalue weighted by Gasteiger charge is 2.61. The maximum Gasteiger partial charge on any atom is 0.320 e. The van der Waals surface area contributed by atoms with E-state index in [-0.39, 0.29) is 0 Å². The fraction of sp³-hybridized carbons (Fsp3) is 0.318. The zero-order valence-corrected chi connectivity index (χ0v) is 16.8. The number of benzene rings is 1. The molecule has 1 amide bonds. The van der Waals surface area contributed by atoms with Crippen LogP contribution in [-0.2, 0) is 19.7 Å². The highest BCUT2D eigenvalue weighted by Crippen LogP contribution is 2.51. The van der Waals surface area contributed by atoms with Crippen molar-refractivity contribution in [2.75, 3.05) is 7.11 Å². The molecule has 9 heteroatoms. The maximum atomic E-state index is 13.0. The molecule has 0 saturated heterocycles. The van der Waals surface area contributed by atoms with Crippen LogP contribution in [-0.4, -0.2) is 39.2 Å². The van der Waals surface area contributed by atoms with Crippen LogP contribution in [0.1, 0.15) is 37.1 Å². The molecule has 2 heterocycles. The predicted molar refractivity (Wildman–Crippen MR) is 108 cm³/mol. The van der Waals surface area contributed by atoms with E-state index in [1.165, 1.54) is 7.11 Å². The lowest BCUT2D eigenvalue weighted by Gasteiger charge is -2.16. The molecular weight excluding hydrogens is 398 g/mol. The van der Waals surface area contributed by atoms with Crippen molar-refractivity contribution in [3.63, 3.8) is 0 Å². The van der Waals surface area contributed by atoms with Gasteiger partial charge in [0.15, 0.2) is 22.8 Å². The van der Waals surface area contributed by atoms with E-state index in [4.69, 9.17) is 15.2 Å². The van der Waals surface area contributed by atoms with Gasteiger partial charge in [0.25, 0.3) is 5.91 Å². The Balaban J connectivity index is 1.59. The largest absolute Gasteiger partial charge is 0.493 e. The van der Waals surface area contributed by atoms with Crippen LogP contribution in [0, 0.1) is 11.3 Å². The van der Waals surface area contributed by atoms with E-state index in [1.54, 1.807) is 28.8 Å². The highest BCUT2D eigenvalue weighted by molar-refractivity contribution is 5.93. The Morgan fingerprint density at radius 1 is 1.19 bits per heavy atom. The molecule has 2 saturated carbocycles. The molecule has 3 aromatic rings. The summed E-state index contributed by atoms with van der Waals surface area (Å²) in [6, 6.07) is 12.9. The minimum absolute atomic E-state index is 0.319. The molecule has 2 aliphatic carbocycles. The molecule has 0 spiro atoms. The first-order chi connectivity index (χ1) is 14.9.